The molecule has 27 N–H and O–H groups in total. The third kappa shape index (κ3) is 34.3. The number of pyridine rings is 1. The van der Waals surface area contributed by atoms with E-state index in [0.29, 0.717) is 115 Å². The Morgan fingerprint density at radius 3 is 1.37 bits per heavy atom. The average molecular weight is 1540 g/mol. The molecule has 44 nitrogen and oxygen atoms in total. The predicted molar refractivity (Wildman–Crippen MR) is 446 cm³/mol. The quantitative estimate of drug-likeness (QED) is 0.0748. The van der Waals surface area contributed by atoms with Gasteiger partial charge in [0.15, 0.2) is 33.8 Å². The zero-order valence-electron chi connectivity index (χ0n) is 55.7. The van der Waals surface area contributed by atoms with Gasteiger partial charge in [-0.15, -0.1) is 10.2 Å². The van der Waals surface area contributed by atoms with Gasteiger partial charge < -0.3 is 77.3 Å². The zero-order chi connectivity index (χ0) is 74.0. The normalized spacial score (nSPS) is 9.14. The van der Waals surface area contributed by atoms with Crippen molar-refractivity contribution in [2.24, 2.45) is 0 Å². The molecule has 0 bridgehead atoms. The van der Waals surface area contributed by atoms with Gasteiger partial charge in [-0.05, 0) is 99.6 Å². The molecule has 44 heteroatoms. The van der Waals surface area contributed by atoms with Crippen molar-refractivity contribution >= 4 is 114 Å². The van der Waals surface area contributed by atoms with E-state index in [1.54, 1.807) is 86.2 Å². The van der Waals surface area contributed by atoms with Gasteiger partial charge in [0.2, 0.25) is 35.4 Å². The van der Waals surface area contributed by atoms with Crippen LogP contribution in [0.2, 0.25) is 0 Å². The maximum Gasteiger partial charge on any atom is 0.349 e. The van der Waals surface area contributed by atoms with Crippen molar-refractivity contribution in [1.82, 2.24) is 150 Å². The lowest BCUT2D eigenvalue weighted by Gasteiger charge is -2.00. The van der Waals surface area contributed by atoms with Crippen LogP contribution in [0.25, 0.3) is 55.4 Å². The summed E-state index contributed by atoms with van der Waals surface area (Å²) < 4.78 is 0. The smallest absolute Gasteiger partial charge is 0.349 e. The Kier molecular flexibility index (Phi) is 46.9. The number of imidazole rings is 2. The number of nitrogens with one attached hydrogen (secondary N) is 7. The molecule has 0 aliphatic rings. The highest BCUT2D eigenvalue weighted by molar-refractivity contribution is 5.88. The Labute approximate surface area is 641 Å². The van der Waals surface area contributed by atoms with Gasteiger partial charge in [0.05, 0.1) is 23.6 Å². The topological polar surface area (TPSA) is 735 Å². The number of para-hydroxylation sites is 1. The number of nitrogens with zero attached hydrogens (tertiary/aromatic N) is 23. The van der Waals surface area contributed by atoms with Gasteiger partial charge in [0.25, 0.3) is 16.7 Å². The standard InChI is InChI=1S/C9H9N3.C8H8N4.C6H7N5.C6H6N4O.C5H5N5O.C5H8N4.C5H7N3O.C5H7N3.C4H7N5.C4H6N4O.10CH4/c1-6-11-8-5-3-2-4-7(8)9(10)12-6;1-5-11-7(9)6-3-2-4-10-8(6)12-5;1-3-10-5(7)4-6(11-3)9-2-8-4;1-3-9-5-4(6(11)10-3)7-2-8-5;1-2-6-4-3(5(11)7-2)8-10-9-4;1-3-2-4(6)9-5(7)8-3;1-3-2-4(9)8-5(6)7-3;1-4-7-3-2-5(6)8-4;1-2-7-3(5)9-4(6)8-2;1-2-6-3(5)8-4(9)7-2;;;;;;;;;;/h2-5H,1H3,(H2,10,11,12);2-4H,1H3,(H2,9,10,11,12);2H,1H3,(H3,7,8,9,10,11);2H,1H3,(H2,7,8,9,10,11);1H3,(H2,6,7,8,9,10,11);2H,1H3,(H4,6,7,8,9);2H,1H3,(H3,6,7,8,9);2-3H,1H3,(H2,6,7,8);1H3,(H4,5,6,7,8,9);1H3,(H3,5,6,7,8,9);10*1H4. The first kappa shape index (κ1) is 105. The summed E-state index contributed by atoms with van der Waals surface area (Å²) >= 11 is 0. The van der Waals surface area contributed by atoms with Crippen molar-refractivity contribution < 1.29 is 0 Å². The van der Waals surface area contributed by atoms with E-state index in [0.717, 1.165) is 22.0 Å². The molecular formula is C67H110N40O4. The molecule has 0 amide bonds. The monoisotopic (exact) mass is 1540 g/mol. The van der Waals surface area contributed by atoms with Crippen LogP contribution in [0.15, 0.2) is 98.8 Å². The number of anilines is 10. The molecule has 602 valence electrons. The number of aryl methyl sites for hydroxylation is 10. The van der Waals surface area contributed by atoms with Crippen molar-refractivity contribution in [3.8, 4) is 0 Å². The maximum absolute atomic E-state index is 11.1. The first-order valence-corrected chi connectivity index (χ1v) is 29.0. The van der Waals surface area contributed by atoms with Crippen LogP contribution in [0, 0.1) is 69.2 Å². The van der Waals surface area contributed by atoms with Gasteiger partial charge in [0.1, 0.15) is 75.4 Å². The number of aromatic amines is 7. The molecule has 0 unspecified atom stereocenters. The summed E-state index contributed by atoms with van der Waals surface area (Å²) in [7, 11) is 0. The van der Waals surface area contributed by atoms with Gasteiger partial charge in [-0.3, -0.25) is 24.4 Å². The third-order valence-electron chi connectivity index (χ3n) is 11.7. The Morgan fingerprint density at radius 2 is 0.829 bits per heavy atom. The lowest BCUT2D eigenvalue weighted by molar-refractivity contribution is 0.940. The lowest BCUT2D eigenvalue weighted by Crippen LogP contribution is -2.15. The molecule has 14 aromatic heterocycles. The molecule has 1 aromatic carbocycles. The maximum atomic E-state index is 11.1. The van der Waals surface area contributed by atoms with Crippen molar-refractivity contribution in [3.05, 3.63) is 179 Å². The van der Waals surface area contributed by atoms with Crippen LogP contribution in [-0.4, -0.2) is 150 Å². The van der Waals surface area contributed by atoms with Gasteiger partial charge in [0, 0.05) is 41.3 Å². The summed E-state index contributed by atoms with van der Waals surface area (Å²) in [6.45, 7) is 17.5. The largest absolute Gasteiger partial charge is 0.384 e. The first-order chi connectivity index (χ1) is 47.9. The predicted octanol–water partition coefficient (Wildman–Crippen LogP) is 6.72. The second kappa shape index (κ2) is 49.7. The number of rotatable bonds is 0. The number of aromatic nitrogens is 30. The number of benzene rings is 1. The van der Waals surface area contributed by atoms with Gasteiger partial charge >= 0.3 is 5.69 Å². The lowest BCUT2D eigenvalue weighted by atomic mass is 10.2. The van der Waals surface area contributed by atoms with Crippen LogP contribution in [0.5, 0.6) is 0 Å². The number of nitrogen functional groups attached to an aromatic ring is 10. The van der Waals surface area contributed by atoms with Crippen LogP contribution < -0.4 is 79.7 Å². The van der Waals surface area contributed by atoms with E-state index in [1.807, 2.05) is 50.2 Å². The van der Waals surface area contributed by atoms with E-state index in [9.17, 15) is 19.2 Å². The highest BCUT2D eigenvalue weighted by Gasteiger charge is 2.07. The Morgan fingerprint density at radius 1 is 0.333 bits per heavy atom. The zero-order valence-corrected chi connectivity index (χ0v) is 55.7. The number of nitrogens with two attached hydrogens (primary N) is 10. The fourth-order valence-corrected chi connectivity index (χ4v) is 7.84. The first-order valence-electron chi connectivity index (χ1n) is 29.0. The number of hydrogen-bond donors (Lipinski definition) is 17. The van der Waals surface area contributed by atoms with Gasteiger partial charge in [-0.1, -0.05) is 86.4 Å². The van der Waals surface area contributed by atoms with E-state index < -0.39 is 5.69 Å². The molecule has 0 saturated carbocycles. The summed E-state index contributed by atoms with van der Waals surface area (Å²) in [4.78, 5) is 140. The Bertz CT molecular complexity index is 5060. The minimum atomic E-state index is -0.458. The summed E-state index contributed by atoms with van der Waals surface area (Å²) in [6, 6.07) is 16.1. The molecule has 111 heavy (non-hydrogen) atoms. The minimum Gasteiger partial charge on any atom is -0.384 e. The molecular weight excluding hydrogens is 1430 g/mol. The average Bonchev–Trinajstić information content (AvgIpc) is 1.62. The molecule has 0 atom stereocenters. The molecule has 0 fully saturated rings. The third-order valence-corrected chi connectivity index (χ3v) is 11.7. The van der Waals surface area contributed by atoms with Gasteiger partial charge in [-0.25, -0.2) is 84.5 Å². The summed E-state index contributed by atoms with van der Waals surface area (Å²) in [5, 5.41) is 11.3. The highest BCUT2D eigenvalue weighted by Crippen LogP contribution is 2.17. The Balaban J connectivity index is -0.000000372. The van der Waals surface area contributed by atoms with Crippen molar-refractivity contribution in [1.29, 1.82) is 0 Å². The summed E-state index contributed by atoms with van der Waals surface area (Å²) in [6.07, 6.45) is 6.33. The minimum absolute atomic E-state index is 0. The number of hydrogen-bond acceptors (Lipinski definition) is 37. The summed E-state index contributed by atoms with van der Waals surface area (Å²) in [5.74, 6) is 8.03. The van der Waals surface area contributed by atoms with Crippen LogP contribution in [0.4, 0.5) is 58.8 Å². The van der Waals surface area contributed by atoms with E-state index in [1.165, 1.54) is 12.4 Å². The second-order valence-corrected chi connectivity index (χ2v) is 20.2. The summed E-state index contributed by atoms with van der Waals surface area (Å²) in [5.41, 5.74) is 58.3. The number of fused-ring (bicyclic) bond motifs is 5. The van der Waals surface area contributed by atoms with E-state index >= 15 is 0 Å². The molecule has 0 saturated heterocycles. The second-order valence-electron chi connectivity index (χ2n) is 20.2. The fraction of sp³-hybridized carbons (Fsp3) is 0.299. The van der Waals surface area contributed by atoms with E-state index in [4.69, 9.17) is 57.3 Å². The van der Waals surface area contributed by atoms with Crippen LogP contribution in [-0.2, 0) is 0 Å². The molecule has 14 heterocycles. The van der Waals surface area contributed by atoms with Crippen molar-refractivity contribution in [2.45, 2.75) is 144 Å². The SMILES string of the molecule is C.C.C.C.C.C.C.C.C.C.Cc1cc(=O)[nH]c(N)n1.Cc1cc(N)nc(N)n1.Cc1nc(N)c2[nH]cnc2n1.Cc1nc(N)c2ccccc2n1.Cc1nc(N)c2cccnc2n1.Cc1nc(N)nc(=O)[nH]1.Cc1nc(N)nc(N)n1.Cc1nc2n[nH]nc2c(=O)[nH]1.Cc1nc2nc[nH]c2c(=O)[nH]1.Cc1nccc(N)n1. The highest BCUT2D eigenvalue weighted by atomic mass is 16.1. The molecule has 0 aliphatic carbocycles. The van der Waals surface area contributed by atoms with E-state index in [-0.39, 0.29) is 126 Å². The van der Waals surface area contributed by atoms with Crippen LogP contribution >= 0.6 is 0 Å². The molecule has 0 spiro atoms. The molecule has 15 rings (SSSR count). The molecule has 15 aromatic rings. The van der Waals surface area contributed by atoms with Crippen LogP contribution in [0.1, 0.15) is 132 Å². The van der Waals surface area contributed by atoms with Crippen molar-refractivity contribution in [3.63, 3.8) is 0 Å². The molecule has 0 radical (unpaired) electrons. The fourth-order valence-electron chi connectivity index (χ4n) is 7.84. The Hall–Kier alpha value is -14.9. The molecule has 0 aliphatic heterocycles. The van der Waals surface area contributed by atoms with E-state index in [2.05, 4.69) is 150 Å². The van der Waals surface area contributed by atoms with Crippen LogP contribution in [0.3, 0.4) is 0 Å². The number of H-pyrrole nitrogens is 7. The van der Waals surface area contributed by atoms with Crippen molar-refractivity contribution in [2.75, 3.05) is 57.3 Å². The van der Waals surface area contributed by atoms with Gasteiger partial charge in [-0.2, -0.15) is 30.1 Å².